The number of aromatic nitrogens is 3. The van der Waals surface area contributed by atoms with Gasteiger partial charge in [0.15, 0.2) is 5.13 Å². The molecular formula is C24H22ClN5O3S2. The maximum Gasteiger partial charge on any atom is 0.262 e. The number of hydrogen-bond acceptors (Lipinski definition) is 6. The smallest absolute Gasteiger partial charge is 0.262 e. The Morgan fingerprint density at radius 1 is 1.14 bits per heavy atom. The molecule has 0 spiro atoms. The molecule has 1 N–H and O–H groups in total. The number of nitrogens with one attached hydrogen (secondary N) is 1. The number of sulfonamides is 1. The summed E-state index contributed by atoms with van der Waals surface area (Å²) < 4.78 is 27.0. The summed E-state index contributed by atoms with van der Waals surface area (Å²) in [5.74, 6) is -0.382. The van der Waals surface area contributed by atoms with Crippen molar-refractivity contribution in [3.05, 3.63) is 75.4 Å². The number of anilines is 2. The number of thiazole rings is 1. The molecule has 0 saturated carbocycles. The van der Waals surface area contributed by atoms with Crippen molar-refractivity contribution in [3.63, 3.8) is 0 Å². The Kier molecular flexibility index (Phi) is 5.90. The second-order valence-corrected chi connectivity index (χ2v) is 11.8. The molecule has 11 heteroatoms. The lowest BCUT2D eigenvalue weighted by Gasteiger charge is -2.16. The van der Waals surface area contributed by atoms with Crippen LogP contribution in [0.25, 0.3) is 16.9 Å². The molecule has 0 saturated heterocycles. The van der Waals surface area contributed by atoms with Gasteiger partial charge in [-0.3, -0.25) is 14.4 Å². The molecule has 35 heavy (non-hydrogen) atoms. The first-order valence-corrected chi connectivity index (χ1v) is 13.9. The zero-order valence-electron chi connectivity index (χ0n) is 19.2. The number of amides is 1. The van der Waals surface area contributed by atoms with E-state index in [-0.39, 0.29) is 11.1 Å². The van der Waals surface area contributed by atoms with Gasteiger partial charge in [-0.1, -0.05) is 35.9 Å². The summed E-state index contributed by atoms with van der Waals surface area (Å²) in [6, 6.07) is 15.0. The summed E-state index contributed by atoms with van der Waals surface area (Å²) >= 11 is 7.90. The summed E-state index contributed by atoms with van der Waals surface area (Å²) in [5.41, 5.74) is 4.85. The number of fused-ring (bicyclic) bond motifs is 1. The van der Waals surface area contributed by atoms with Gasteiger partial charge < -0.3 is 0 Å². The molecule has 0 radical (unpaired) electrons. The molecule has 8 nitrogen and oxygen atoms in total. The minimum absolute atomic E-state index is 0.230. The van der Waals surface area contributed by atoms with E-state index in [2.05, 4.69) is 15.4 Å². The molecule has 5 rings (SSSR count). The zero-order valence-corrected chi connectivity index (χ0v) is 21.6. The van der Waals surface area contributed by atoms with Crippen molar-refractivity contribution in [3.8, 4) is 16.9 Å². The minimum atomic E-state index is -3.31. The third-order valence-electron chi connectivity index (χ3n) is 5.86. The number of benzene rings is 2. The van der Waals surface area contributed by atoms with E-state index in [0.29, 0.717) is 35.0 Å². The van der Waals surface area contributed by atoms with E-state index in [9.17, 15) is 13.2 Å². The summed E-state index contributed by atoms with van der Waals surface area (Å²) in [4.78, 5) is 18.7. The SMILES string of the molecule is Cc1nn(-c2ccccc2)c(Cl)c1C(=O)Nc1nc(-c2ccc3c(c2)CCN3S(C)(=O)=O)c(C)s1. The van der Waals surface area contributed by atoms with Gasteiger partial charge in [0.1, 0.15) is 10.7 Å². The Hall–Kier alpha value is -3.21. The predicted octanol–water partition coefficient (Wildman–Crippen LogP) is 4.84. The molecule has 2 aromatic carbocycles. The quantitative estimate of drug-likeness (QED) is 0.400. The van der Waals surface area contributed by atoms with Crippen LogP contribution < -0.4 is 9.62 Å². The fourth-order valence-electron chi connectivity index (χ4n) is 4.24. The molecule has 2 aromatic heterocycles. The van der Waals surface area contributed by atoms with E-state index in [0.717, 1.165) is 27.4 Å². The highest BCUT2D eigenvalue weighted by Gasteiger charge is 2.27. The van der Waals surface area contributed by atoms with Crippen LogP contribution in [0.15, 0.2) is 48.5 Å². The van der Waals surface area contributed by atoms with Gasteiger partial charge >= 0.3 is 0 Å². The second kappa shape index (κ2) is 8.78. The van der Waals surface area contributed by atoms with Crippen LogP contribution >= 0.6 is 22.9 Å². The lowest BCUT2D eigenvalue weighted by Crippen LogP contribution is -2.27. The number of carbonyl (C=O) groups excluding carboxylic acids is 1. The molecule has 180 valence electrons. The first kappa shape index (κ1) is 23.5. The molecule has 4 aromatic rings. The fourth-order valence-corrected chi connectivity index (χ4v) is 6.39. The molecule has 3 heterocycles. The van der Waals surface area contributed by atoms with Crippen molar-refractivity contribution in [1.82, 2.24) is 14.8 Å². The van der Waals surface area contributed by atoms with Crippen LogP contribution in [0.4, 0.5) is 10.8 Å². The van der Waals surface area contributed by atoms with Crippen molar-refractivity contribution in [2.75, 3.05) is 22.4 Å². The average Bonchev–Trinajstić information content (AvgIpc) is 3.48. The van der Waals surface area contributed by atoms with E-state index in [4.69, 9.17) is 11.6 Å². The standard InChI is InChI=1S/C24H22ClN5O3S2/c1-14-20(22(25)30(28-14)18-7-5-4-6-8-18)23(31)27-24-26-21(15(2)34-24)17-9-10-19-16(13-17)11-12-29(19)35(3,32)33/h4-10,13H,11-12H2,1-3H3,(H,26,27,31). The minimum Gasteiger partial charge on any atom is -0.298 e. The topological polar surface area (TPSA) is 97.2 Å². The number of carbonyl (C=O) groups is 1. The van der Waals surface area contributed by atoms with Gasteiger partial charge in [-0.2, -0.15) is 5.10 Å². The maximum absolute atomic E-state index is 13.1. The van der Waals surface area contributed by atoms with E-state index in [1.807, 2.05) is 55.5 Å². The Labute approximate surface area is 212 Å². The first-order valence-electron chi connectivity index (χ1n) is 10.8. The van der Waals surface area contributed by atoms with Crippen LogP contribution in [0.3, 0.4) is 0 Å². The van der Waals surface area contributed by atoms with Gasteiger partial charge in [0.2, 0.25) is 10.0 Å². The molecule has 1 amide bonds. The predicted molar refractivity (Wildman–Crippen MR) is 139 cm³/mol. The maximum atomic E-state index is 13.1. The van der Waals surface area contributed by atoms with Crippen LogP contribution in [0.2, 0.25) is 5.15 Å². The van der Waals surface area contributed by atoms with Gasteiger partial charge in [-0.15, -0.1) is 11.3 Å². The van der Waals surface area contributed by atoms with Crippen molar-refractivity contribution in [1.29, 1.82) is 0 Å². The van der Waals surface area contributed by atoms with Crippen molar-refractivity contribution >= 4 is 49.7 Å². The molecule has 0 unspecified atom stereocenters. The highest BCUT2D eigenvalue weighted by molar-refractivity contribution is 7.92. The average molecular weight is 528 g/mol. The number of rotatable bonds is 5. The van der Waals surface area contributed by atoms with Gasteiger partial charge in [-0.05, 0) is 50.1 Å². The number of nitrogens with zero attached hydrogens (tertiary/aromatic N) is 4. The lowest BCUT2D eigenvalue weighted by molar-refractivity contribution is 0.102. The van der Waals surface area contributed by atoms with Crippen molar-refractivity contribution < 1.29 is 13.2 Å². The fraction of sp³-hybridized carbons (Fsp3) is 0.208. The summed E-state index contributed by atoms with van der Waals surface area (Å²) in [5, 5.41) is 7.97. The van der Waals surface area contributed by atoms with E-state index >= 15 is 0 Å². The molecule has 0 fully saturated rings. The highest BCUT2D eigenvalue weighted by Crippen LogP contribution is 2.37. The number of halogens is 1. The Balaban J connectivity index is 1.41. The molecule has 1 aliphatic rings. The van der Waals surface area contributed by atoms with E-state index < -0.39 is 10.0 Å². The number of para-hydroxylation sites is 1. The first-order chi connectivity index (χ1) is 16.6. The molecule has 0 atom stereocenters. The van der Waals surface area contributed by atoms with Gasteiger partial charge in [0, 0.05) is 17.0 Å². The largest absolute Gasteiger partial charge is 0.298 e. The van der Waals surface area contributed by atoms with Crippen LogP contribution in [0, 0.1) is 13.8 Å². The van der Waals surface area contributed by atoms with Crippen LogP contribution in [-0.4, -0.2) is 41.9 Å². The van der Waals surface area contributed by atoms with Gasteiger partial charge in [0.05, 0.1) is 29.0 Å². The second-order valence-electron chi connectivity index (χ2n) is 8.31. The summed E-state index contributed by atoms with van der Waals surface area (Å²) in [6.45, 7) is 4.11. The van der Waals surface area contributed by atoms with Crippen molar-refractivity contribution in [2.45, 2.75) is 20.3 Å². The van der Waals surface area contributed by atoms with Crippen molar-refractivity contribution in [2.24, 2.45) is 0 Å². The molecule has 0 bridgehead atoms. The van der Waals surface area contributed by atoms with Crippen LogP contribution in [-0.2, 0) is 16.4 Å². The number of hydrogen-bond donors (Lipinski definition) is 1. The van der Waals surface area contributed by atoms with Gasteiger partial charge in [0.25, 0.3) is 5.91 Å². The van der Waals surface area contributed by atoms with Crippen LogP contribution in [0.5, 0.6) is 0 Å². The number of aryl methyl sites for hydroxylation is 2. The zero-order chi connectivity index (χ0) is 24.9. The monoisotopic (exact) mass is 527 g/mol. The summed E-state index contributed by atoms with van der Waals surface area (Å²) in [7, 11) is -3.31. The molecule has 0 aliphatic carbocycles. The highest BCUT2D eigenvalue weighted by atomic mass is 35.5. The van der Waals surface area contributed by atoms with E-state index in [1.54, 1.807) is 6.92 Å². The van der Waals surface area contributed by atoms with Crippen LogP contribution in [0.1, 0.15) is 26.5 Å². The Morgan fingerprint density at radius 2 is 1.89 bits per heavy atom. The Bertz CT molecular complexity index is 1560. The third kappa shape index (κ3) is 4.33. The lowest BCUT2D eigenvalue weighted by atomic mass is 10.1. The van der Waals surface area contributed by atoms with Gasteiger partial charge in [-0.25, -0.2) is 18.1 Å². The Morgan fingerprint density at radius 3 is 2.60 bits per heavy atom. The third-order valence-corrected chi connectivity index (χ3v) is 8.27. The summed E-state index contributed by atoms with van der Waals surface area (Å²) in [6.07, 6.45) is 1.86. The van der Waals surface area contributed by atoms with E-state index in [1.165, 1.54) is 26.6 Å². The normalized spacial score (nSPS) is 13.2. The molecule has 1 aliphatic heterocycles. The molecular weight excluding hydrogens is 506 g/mol.